The Balaban J connectivity index is 1.37. The standard InChI is InChI=1S/C22H34N4O2S/c1-15(2)21(16(3)4)25-13-18(14-25)29(27,28)26-10-7-17(8-11-26)20-12-24-22-19(20)6-5-9-23-22/h5-6,9,12,15-18,21H,7-8,10-11,13-14H2,1-4H3,(H,23,24). The molecule has 0 radical (unpaired) electrons. The number of aromatic amines is 1. The number of pyridine rings is 1. The number of H-pyrrole nitrogens is 1. The first kappa shape index (κ1) is 20.8. The van der Waals surface area contributed by atoms with E-state index in [2.05, 4.69) is 48.6 Å². The maximum atomic E-state index is 13.2. The van der Waals surface area contributed by atoms with E-state index < -0.39 is 10.0 Å². The van der Waals surface area contributed by atoms with Gasteiger partial charge in [0.15, 0.2) is 0 Å². The fraction of sp³-hybridized carbons (Fsp3) is 0.682. The van der Waals surface area contributed by atoms with Crippen molar-refractivity contribution in [3.05, 3.63) is 30.1 Å². The van der Waals surface area contributed by atoms with Gasteiger partial charge in [-0.05, 0) is 48.3 Å². The number of hydrogen-bond donors (Lipinski definition) is 1. The quantitative estimate of drug-likeness (QED) is 0.780. The Labute approximate surface area is 174 Å². The zero-order valence-corrected chi connectivity index (χ0v) is 18.8. The molecule has 6 nitrogen and oxygen atoms in total. The molecule has 7 heteroatoms. The highest BCUT2D eigenvalue weighted by atomic mass is 32.2. The molecule has 29 heavy (non-hydrogen) atoms. The highest BCUT2D eigenvalue weighted by Gasteiger charge is 2.45. The minimum Gasteiger partial charge on any atom is -0.346 e. The highest BCUT2D eigenvalue weighted by molar-refractivity contribution is 7.89. The second-order valence-corrected chi connectivity index (χ2v) is 11.6. The lowest BCUT2D eigenvalue weighted by atomic mass is 9.89. The van der Waals surface area contributed by atoms with Gasteiger partial charge in [0.05, 0.1) is 0 Å². The number of nitrogens with zero attached hydrogens (tertiary/aromatic N) is 3. The number of sulfonamides is 1. The van der Waals surface area contributed by atoms with Gasteiger partial charge in [0.25, 0.3) is 0 Å². The Hall–Kier alpha value is -1.44. The first-order valence-corrected chi connectivity index (χ1v) is 12.4. The molecule has 2 aliphatic heterocycles. The molecule has 0 aliphatic carbocycles. The maximum absolute atomic E-state index is 13.2. The third-order valence-electron chi connectivity index (χ3n) is 6.82. The summed E-state index contributed by atoms with van der Waals surface area (Å²) in [6.07, 6.45) is 5.59. The Morgan fingerprint density at radius 2 is 1.76 bits per heavy atom. The minimum absolute atomic E-state index is 0.240. The van der Waals surface area contributed by atoms with E-state index in [1.54, 1.807) is 10.5 Å². The van der Waals surface area contributed by atoms with Gasteiger partial charge in [0.1, 0.15) is 10.9 Å². The van der Waals surface area contributed by atoms with Gasteiger partial charge >= 0.3 is 0 Å². The first-order chi connectivity index (χ1) is 13.8. The van der Waals surface area contributed by atoms with Gasteiger partial charge in [0.2, 0.25) is 10.0 Å². The van der Waals surface area contributed by atoms with E-state index in [0.29, 0.717) is 50.0 Å². The fourth-order valence-electron chi connectivity index (χ4n) is 5.46. The van der Waals surface area contributed by atoms with Crippen molar-refractivity contribution in [1.29, 1.82) is 0 Å². The van der Waals surface area contributed by atoms with Gasteiger partial charge in [-0.3, -0.25) is 4.90 Å². The Morgan fingerprint density at radius 1 is 1.10 bits per heavy atom. The third-order valence-corrected chi connectivity index (χ3v) is 9.05. The molecule has 160 valence electrons. The molecule has 1 N–H and O–H groups in total. The zero-order valence-electron chi connectivity index (χ0n) is 18.0. The van der Waals surface area contributed by atoms with E-state index in [1.165, 1.54) is 5.56 Å². The van der Waals surface area contributed by atoms with E-state index in [1.807, 2.05) is 12.3 Å². The number of fused-ring (bicyclic) bond motifs is 1. The van der Waals surface area contributed by atoms with E-state index in [-0.39, 0.29) is 5.25 Å². The first-order valence-electron chi connectivity index (χ1n) is 10.9. The number of hydrogen-bond acceptors (Lipinski definition) is 4. The van der Waals surface area contributed by atoms with E-state index >= 15 is 0 Å². The molecule has 0 unspecified atom stereocenters. The van der Waals surface area contributed by atoms with Crippen molar-refractivity contribution < 1.29 is 8.42 Å². The van der Waals surface area contributed by atoms with Crippen molar-refractivity contribution >= 4 is 21.1 Å². The van der Waals surface area contributed by atoms with Crippen LogP contribution in [0.1, 0.15) is 52.0 Å². The summed E-state index contributed by atoms with van der Waals surface area (Å²) in [4.78, 5) is 9.98. The molecule has 0 bridgehead atoms. The van der Waals surface area contributed by atoms with Gasteiger partial charge < -0.3 is 4.98 Å². The van der Waals surface area contributed by atoms with Gasteiger partial charge in [-0.2, -0.15) is 0 Å². The van der Waals surface area contributed by atoms with Crippen molar-refractivity contribution in [2.45, 2.75) is 57.7 Å². The van der Waals surface area contributed by atoms with Crippen LogP contribution < -0.4 is 0 Å². The van der Waals surface area contributed by atoms with E-state index in [0.717, 1.165) is 23.9 Å². The Bertz CT molecular complexity index is 931. The lowest BCUT2D eigenvalue weighted by Gasteiger charge is -2.48. The summed E-state index contributed by atoms with van der Waals surface area (Å²) in [6.45, 7) is 11.5. The molecule has 2 aromatic heterocycles. The number of aromatic nitrogens is 2. The van der Waals surface area contributed by atoms with Crippen LogP contribution in [-0.4, -0.2) is 65.1 Å². The van der Waals surface area contributed by atoms with Crippen LogP contribution in [0.4, 0.5) is 0 Å². The third kappa shape index (κ3) is 3.84. The zero-order chi connectivity index (χ0) is 20.8. The largest absolute Gasteiger partial charge is 0.346 e. The number of piperidine rings is 1. The average Bonchev–Trinajstić information content (AvgIpc) is 3.07. The van der Waals surface area contributed by atoms with Crippen LogP contribution in [-0.2, 0) is 10.0 Å². The van der Waals surface area contributed by atoms with Crippen LogP contribution in [0.15, 0.2) is 24.5 Å². The van der Waals surface area contributed by atoms with Crippen molar-refractivity contribution in [3.63, 3.8) is 0 Å². The molecule has 0 amide bonds. The van der Waals surface area contributed by atoms with Crippen molar-refractivity contribution in [2.75, 3.05) is 26.2 Å². The van der Waals surface area contributed by atoms with E-state index in [9.17, 15) is 8.42 Å². The Morgan fingerprint density at radius 3 is 2.38 bits per heavy atom. The van der Waals surface area contributed by atoms with Crippen molar-refractivity contribution in [3.8, 4) is 0 Å². The second-order valence-electron chi connectivity index (χ2n) is 9.42. The van der Waals surface area contributed by atoms with Crippen LogP contribution in [0.3, 0.4) is 0 Å². The van der Waals surface area contributed by atoms with Gasteiger partial charge in [0, 0.05) is 50.0 Å². The number of nitrogens with one attached hydrogen (secondary N) is 1. The lowest BCUT2D eigenvalue weighted by Crippen LogP contribution is -2.63. The van der Waals surface area contributed by atoms with Gasteiger partial charge in [-0.25, -0.2) is 17.7 Å². The van der Waals surface area contributed by atoms with Crippen molar-refractivity contribution in [2.24, 2.45) is 11.8 Å². The molecule has 0 atom stereocenters. The van der Waals surface area contributed by atoms with E-state index in [4.69, 9.17) is 0 Å². The topological polar surface area (TPSA) is 69.3 Å². The molecule has 2 fully saturated rings. The fourth-order valence-corrected chi connectivity index (χ4v) is 7.36. The minimum atomic E-state index is -3.21. The van der Waals surface area contributed by atoms with Crippen LogP contribution in [0.25, 0.3) is 11.0 Å². The summed E-state index contributed by atoms with van der Waals surface area (Å²) in [5.74, 6) is 1.48. The summed E-state index contributed by atoms with van der Waals surface area (Å²) in [7, 11) is -3.21. The molecular formula is C22H34N4O2S. The molecule has 2 aromatic rings. The monoisotopic (exact) mass is 418 g/mol. The molecule has 2 aliphatic rings. The summed E-state index contributed by atoms with van der Waals surface area (Å²) < 4.78 is 28.1. The molecule has 2 saturated heterocycles. The molecular weight excluding hydrogens is 384 g/mol. The van der Waals surface area contributed by atoms with Gasteiger partial charge in [-0.15, -0.1) is 0 Å². The number of rotatable bonds is 6. The molecule has 0 aromatic carbocycles. The van der Waals surface area contributed by atoms with Crippen LogP contribution in [0, 0.1) is 11.8 Å². The SMILES string of the molecule is CC(C)C(C(C)C)N1CC(S(=O)(=O)N2CCC(c3c[nH]c4ncccc34)CC2)C1. The predicted octanol–water partition coefficient (Wildman–Crippen LogP) is 3.44. The molecule has 0 spiro atoms. The van der Waals surface area contributed by atoms with Crippen LogP contribution >= 0.6 is 0 Å². The number of likely N-dealkylation sites (tertiary alicyclic amines) is 1. The summed E-state index contributed by atoms with van der Waals surface area (Å²) in [6, 6.07) is 4.52. The van der Waals surface area contributed by atoms with Gasteiger partial charge in [-0.1, -0.05) is 27.7 Å². The molecule has 4 heterocycles. The summed E-state index contributed by atoms with van der Waals surface area (Å²) in [5.41, 5.74) is 2.19. The smallest absolute Gasteiger partial charge is 0.219 e. The normalized spacial score (nSPS) is 20.9. The highest BCUT2D eigenvalue weighted by Crippen LogP contribution is 2.35. The summed E-state index contributed by atoms with van der Waals surface area (Å²) >= 11 is 0. The summed E-state index contributed by atoms with van der Waals surface area (Å²) in [5, 5.41) is 0.924. The molecule has 0 saturated carbocycles. The molecule has 4 rings (SSSR count). The second kappa shape index (κ2) is 8.00. The van der Waals surface area contributed by atoms with Crippen molar-refractivity contribution in [1.82, 2.24) is 19.2 Å². The van der Waals surface area contributed by atoms with Crippen LogP contribution in [0.2, 0.25) is 0 Å². The van der Waals surface area contributed by atoms with Crippen LogP contribution in [0.5, 0.6) is 0 Å². The predicted molar refractivity (Wildman–Crippen MR) is 117 cm³/mol. The Kier molecular flexibility index (Phi) is 5.75. The lowest BCUT2D eigenvalue weighted by molar-refractivity contribution is 0.0586. The average molecular weight is 419 g/mol. The maximum Gasteiger partial charge on any atom is 0.219 e.